The minimum atomic E-state index is -0.422. The third kappa shape index (κ3) is 4.29. The van der Waals surface area contributed by atoms with Crippen molar-refractivity contribution in [1.29, 1.82) is 0 Å². The molecule has 3 aromatic rings. The van der Waals surface area contributed by atoms with E-state index in [1.165, 1.54) is 0 Å². The molecule has 0 aliphatic heterocycles. The molecule has 0 bridgehead atoms. The van der Waals surface area contributed by atoms with Crippen LogP contribution in [-0.2, 0) is 4.74 Å². The lowest BCUT2D eigenvalue weighted by atomic mass is 10.2. The number of carbonyl (C=O) groups is 2. The quantitative estimate of drug-likeness (QED) is 0.442. The average Bonchev–Trinajstić information content (AvgIpc) is 2.98. The van der Waals surface area contributed by atoms with Crippen molar-refractivity contribution < 1.29 is 14.3 Å². The van der Waals surface area contributed by atoms with E-state index in [4.69, 9.17) is 27.9 Å². The average molecular weight is 420 g/mol. The maximum absolute atomic E-state index is 12.9. The highest BCUT2D eigenvalue weighted by atomic mass is 35.5. The molecule has 0 aliphatic rings. The van der Waals surface area contributed by atoms with Crippen molar-refractivity contribution in [1.82, 2.24) is 9.38 Å². The third-order valence-corrected chi connectivity index (χ3v) is 4.60. The number of aryl methyl sites for hydroxylation is 1. The minimum absolute atomic E-state index is 0.315. The van der Waals surface area contributed by atoms with Crippen LogP contribution in [0.25, 0.3) is 5.65 Å². The number of anilines is 1. The number of halogens is 2. The number of pyridine rings is 1. The normalized spacial score (nSPS) is 10.9. The van der Waals surface area contributed by atoms with Gasteiger partial charge < -0.3 is 10.1 Å². The summed E-state index contributed by atoms with van der Waals surface area (Å²) < 4.78 is 6.76. The first-order chi connectivity index (χ1) is 13.4. The van der Waals surface area contributed by atoms with E-state index in [0.29, 0.717) is 44.9 Å². The Hall–Kier alpha value is -2.57. The third-order valence-electron chi connectivity index (χ3n) is 4.12. The summed E-state index contributed by atoms with van der Waals surface area (Å²) in [6.07, 6.45) is 3.33. The Bertz CT molecular complexity index is 1050. The van der Waals surface area contributed by atoms with E-state index in [2.05, 4.69) is 10.3 Å². The monoisotopic (exact) mass is 419 g/mol. The molecule has 8 heteroatoms. The zero-order chi connectivity index (χ0) is 20.3. The number of imidazole rings is 1. The Balaban J connectivity index is 1.84. The van der Waals surface area contributed by atoms with Gasteiger partial charge in [-0.05, 0) is 37.6 Å². The second-order valence-electron chi connectivity index (χ2n) is 6.27. The van der Waals surface area contributed by atoms with Crippen LogP contribution in [0.15, 0.2) is 36.5 Å². The lowest BCUT2D eigenvalue weighted by Gasteiger charge is -2.09. The van der Waals surface area contributed by atoms with Crippen LogP contribution >= 0.6 is 23.2 Å². The molecule has 0 unspecified atom stereocenters. The molecule has 6 nitrogen and oxygen atoms in total. The summed E-state index contributed by atoms with van der Waals surface area (Å²) in [5.41, 5.74) is 2.11. The molecule has 0 radical (unpaired) electrons. The second-order valence-corrected chi connectivity index (χ2v) is 7.11. The number of benzene rings is 1. The highest BCUT2D eigenvalue weighted by Gasteiger charge is 2.19. The number of ether oxygens (including phenoxy) is 1. The topological polar surface area (TPSA) is 72.7 Å². The zero-order valence-electron chi connectivity index (χ0n) is 15.5. The molecule has 0 saturated heterocycles. The predicted octanol–water partition coefficient (Wildman–Crippen LogP) is 5.16. The molecule has 0 spiro atoms. The van der Waals surface area contributed by atoms with Crippen LogP contribution < -0.4 is 5.32 Å². The van der Waals surface area contributed by atoms with Gasteiger partial charge in [-0.25, -0.2) is 9.78 Å². The van der Waals surface area contributed by atoms with Crippen LogP contribution in [0.1, 0.15) is 46.3 Å². The number of nitrogens with one attached hydrogen (secondary N) is 1. The van der Waals surface area contributed by atoms with Crippen molar-refractivity contribution in [3.05, 3.63) is 63.5 Å². The molecular formula is C20H19Cl2N3O3. The Morgan fingerprint density at radius 3 is 2.79 bits per heavy atom. The molecule has 0 saturated carbocycles. The Labute approximate surface area is 172 Å². The van der Waals surface area contributed by atoms with Crippen LogP contribution in [0.5, 0.6) is 0 Å². The van der Waals surface area contributed by atoms with Gasteiger partial charge in [-0.2, -0.15) is 0 Å². The van der Waals surface area contributed by atoms with E-state index < -0.39 is 5.97 Å². The van der Waals surface area contributed by atoms with E-state index in [1.54, 1.807) is 47.9 Å². The Morgan fingerprint density at radius 1 is 1.25 bits per heavy atom. The standard InChI is InChI=1S/C20H19Cl2N3O3/c1-3-4-8-28-20(27)13-6-5-7-15(9-13)24-19(26)17-12(2)23-18-16(22)10-14(21)11-25(17)18/h5-7,9-11H,3-4,8H2,1-2H3,(H,24,26). The summed E-state index contributed by atoms with van der Waals surface area (Å²) in [4.78, 5) is 29.3. The fourth-order valence-corrected chi connectivity index (χ4v) is 3.28. The van der Waals surface area contributed by atoms with E-state index in [9.17, 15) is 9.59 Å². The number of hydrogen-bond acceptors (Lipinski definition) is 4. The number of fused-ring (bicyclic) bond motifs is 1. The maximum atomic E-state index is 12.9. The van der Waals surface area contributed by atoms with Gasteiger partial charge >= 0.3 is 5.97 Å². The van der Waals surface area contributed by atoms with Crippen molar-refractivity contribution in [2.75, 3.05) is 11.9 Å². The van der Waals surface area contributed by atoms with Gasteiger partial charge in [-0.3, -0.25) is 9.20 Å². The van der Waals surface area contributed by atoms with E-state index in [1.807, 2.05) is 6.92 Å². The van der Waals surface area contributed by atoms with Crippen LogP contribution in [0, 0.1) is 6.92 Å². The molecule has 1 amide bonds. The van der Waals surface area contributed by atoms with Crippen LogP contribution in [0.4, 0.5) is 5.69 Å². The van der Waals surface area contributed by atoms with Gasteiger partial charge in [0.25, 0.3) is 5.91 Å². The summed E-state index contributed by atoms with van der Waals surface area (Å²) in [6, 6.07) is 8.16. The molecule has 2 aromatic heterocycles. The van der Waals surface area contributed by atoms with Gasteiger partial charge in [0.15, 0.2) is 5.65 Å². The molecular weight excluding hydrogens is 401 g/mol. The molecule has 28 heavy (non-hydrogen) atoms. The molecule has 1 aromatic carbocycles. The number of hydrogen-bond donors (Lipinski definition) is 1. The highest BCUT2D eigenvalue weighted by molar-refractivity contribution is 6.36. The predicted molar refractivity (Wildman–Crippen MR) is 110 cm³/mol. The van der Waals surface area contributed by atoms with Crippen LogP contribution in [0.3, 0.4) is 0 Å². The Kier molecular flexibility index (Phi) is 6.21. The fraction of sp³-hybridized carbons (Fsp3) is 0.250. The first-order valence-corrected chi connectivity index (χ1v) is 9.58. The van der Waals surface area contributed by atoms with E-state index >= 15 is 0 Å². The molecule has 0 atom stereocenters. The zero-order valence-corrected chi connectivity index (χ0v) is 17.0. The van der Waals surface area contributed by atoms with Crippen molar-refractivity contribution in [3.8, 4) is 0 Å². The maximum Gasteiger partial charge on any atom is 0.338 e. The number of carbonyl (C=O) groups excluding carboxylic acids is 2. The summed E-state index contributed by atoms with van der Waals surface area (Å²) in [5, 5.41) is 3.53. The number of unbranched alkanes of at least 4 members (excludes halogenated alkanes) is 1. The lowest BCUT2D eigenvalue weighted by Crippen LogP contribution is -2.16. The largest absolute Gasteiger partial charge is 0.462 e. The van der Waals surface area contributed by atoms with Crippen LogP contribution in [0.2, 0.25) is 10.0 Å². The van der Waals surface area contributed by atoms with Gasteiger partial charge in [0.1, 0.15) is 5.69 Å². The molecule has 3 rings (SSSR count). The van der Waals surface area contributed by atoms with Gasteiger partial charge in [-0.1, -0.05) is 42.6 Å². The van der Waals surface area contributed by atoms with Crippen molar-refractivity contribution in [2.45, 2.75) is 26.7 Å². The highest BCUT2D eigenvalue weighted by Crippen LogP contribution is 2.25. The molecule has 1 N–H and O–H groups in total. The number of aromatic nitrogens is 2. The lowest BCUT2D eigenvalue weighted by molar-refractivity contribution is 0.0499. The van der Waals surface area contributed by atoms with Gasteiger partial charge in [0.05, 0.1) is 27.9 Å². The number of nitrogens with zero attached hydrogens (tertiary/aromatic N) is 2. The van der Waals surface area contributed by atoms with Crippen LogP contribution in [-0.4, -0.2) is 27.9 Å². The Morgan fingerprint density at radius 2 is 2.04 bits per heavy atom. The summed E-state index contributed by atoms with van der Waals surface area (Å²) >= 11 is 12.2. The minimum Gasteiger partial charge on any atom is -0.462 e. The van der Waals surface area contributed by atoms with Gasteiger partial charge in [0, 0.05) is 11.9 Å². The summed E-state index contributed by atoms with van der Waals surface area (Å²) in [6.45, 7) is 4.11. The van der Waals surface area contributed by atoms with E-state index in [-0.39, 0.29) is 5.91 Å². The number of rotatable bonds is 6. The van der Waals surface area contributed by atoms with Crippen molar-refractivity contribution >= 4 is 46.4 Å². The molecule has 0 fully saturated rings. The van der Waals surface area contributed by atoms with Crippen molar-refractivity contribution in [2.24, 2.45) is 0 Å². The molecule has 2 heterocycles. The SMILES string of the molecule is CCCCOC(=O)c1cccc(NC(=O)c2c(C)nc3c(Cl)cc(Cl)cn23)c1. The van der Waals surface area contributed by atoms with Gasteiger partial charge in [-0.15, -0.1) is 0 Å². The van der Waals surface area contributed by atoms with Gasteiger partial charge in [0.2, 0.25) is 0 Å². The van der Waals surface area contributed by atoms with Crippen molar-refractivity contribution in [3.63, 3.8) is 0 Å². The first-order valence-electron chi connectivity index (χ1n) is 8.83. The first kappa shape index (κ1) is 20.2. The smallest absolute Gasteiger partial charge is 0.338 e. The summed E-state index contributed by atoms with van der Waals surface area (Å²) in [7, 11) is 0. The number of amides is 1. The fourth-order valence-electron chi connectivity index (χ4n) is 2.77. The van der Waals surface area contributed by atoms with E-state index in [0.717, 1.165) is 12.8 Å². The summed E-state index contributed by atoms with van der Waals surface area (Å²) in [5.74, 6) is -0.811. The number of esters is 1. The molecule has 0 aliphatic carbocycles. The molecule has 146 valence electrons. The second kappa shape index (κ2) is 8.63.